The zero-order valence-electron chi connectivity index (χ0n) is 11.9. The van der Waals surface area contributed by atoms with E-state index in [4.69, 9.17) is 11.6 Å². The normalized spacial score (nSPS) is 11.1. The van der Waals surface area contributed by atoms with Crippen molar-refractivity contribution in [3.8, 4) is 0 Å². The van der Waals surface area contributed by atoms with E-state index in [9.17, 15) is 0 Å². The molecule has 102 valence electrons. The predicted octanol–water partition coefficient (Wildman–Crippen LogP) is 4.35. The van der Waals surface area contributed by atoms with Crippen LogP contribution >= 0.6 is 11.6 Å². The van der Waals surface area contributed by atoms with Gasteiger partial charge in [0.2, 0.25) is 0 Å². The molecule has 1 N–H and O–H groups in total. The lowest BCUT2D eigenvalue weighted by molar-refractivity contribution is 0.516. The molecule has 1 heterocycles. The second kappa shape index (κ2) is 5.66. The van der Waals surface area contributed by atoms with Gasteiger partial charge in [0.25, 0.3) is 0 Å². The summed E-state index contributed by atoms with van der Waals surface area (Å²) in [6.45, 7) is 9.17. The van der Waals surface area contributed by atoms with Gasteiger partial charge in [0.05, 0.1) is 17.1 Å². The molecule has 1 aromatic heterocycles. The number of hydrogen-bond donors (Lipinski definition) is 1. The Hall–Kier alpha value is -1.48. The summed E-state index contributed by atoms with van der Waals surface area (Å²) < 4.78 is 2.05. The van der Waals surface area contributed by atoms with Gasteiger partial charge in [0.1, 0.15) is 0 Å². The Morgan fingerprint density at radius 1 is 1.32 bits per heavy atom. The molecule has 19 heavy (non-hydrogen) atoms. The summed E-state index contributed by atoms with van der Waals surface area (Å²) in [5.41, 5.74) is 4.50. The number of aryl methyl sites for hydroxylation is 1. The van der Waals surface area contributed by atoms with Crippen LogP contribution in [0.3, 0.4) is 0 Å². The first-order valence-electron chi connectivity index (χ1n) is 6.53. The van der Waals surface area contributed by atoms with Gasteiger partial charge in [-0.25, -0.2) is 0 Å². The van der Waals surface area contributed by atoms with Crippen molar-refractivity contribution in [3.05, 3.63) is 46.2 Å². The highest BCUT2D eigenvalue weighted by atomic mass is 35.5. The number of nitrogens with zero attached hydrogens (tertiary/aromatic N) is 2. The zero-order chi connectivity index (χ0) is 14.0. The fourth-order valence-electron chi connectivity index (χ4n) is 2.26. The van der Waals surface area contributed by atoms with Crippen LogP contribution in [0.25, 0.3) is 0 Å². The van der Waals surface area contributed by atoms with E-state index in [1.807, 2.05) is 25.1 Å². The highest BCUT2D eigenvalue weighted by molar-refractivity contribution is 6.30. The first kappa shape index (κ1) is 13.9. The van der Waals surface area contributed by atoms with Gasteiger partial charge in [-0.1, -0.05) is 23.7 Å². The van der Waals surface area contributed by atoms with Gasteiger partial charge in [-0.15, -0.1) is 0 Å². The quantitative estimate of drug-likeness (QED) is 0.901. The van der Waals surface area contributed by atoms with Gasteiger partial charge < -0.3 is 5.32 Å². The maximum absolute atomic E-state index is 5.99. The second-order valence-corrected chi connectivity index (χ2v) is 5.50. The van der Waals surface area contributed by atoms with Crippen LogP contribution in [-0.4, -0.2) is 9.78 Å². The van der Waals surface area contributed by atoms with E-state index < -0.39 is 0 Å². The Kier molecular flexibility index (Phi) is 4.15. The van der Waals surface area contributed by atoms with Crippen LogP contribution in [0.2, 0.25) is 5.02 Å². The SMILES string of the molecule is Cc1nn(C(C)C)c(C)c1NCc1cccc(Cl)c1. The van der Waals surface area contributed by atoms with Gasteiger partial charge in [0, 0.05) is 17.6 Å². The van der Waals surface area contributed by atoms with E-state index in [-0.39, 0.29) is 0 Å². The number of hydrogen-bond acceptors (Lipinski definition) is 2. The maximum atomic E-state index is 5.99. The molecule has 0 unspecified atom stereocenters. The number of anilines is 1. The van der Waals surface area contributed by atoms with E-state index in [0.717, 1.165) is 22.9 Å². The second-order valence-electron chi connectivity index (χ2n) is 5.07. The van der Waals surface area contributed by atoms with Crippen LogP contribution in [0.15, 0.2) is 24.3 Å². The van der Waals surface area contributed by atoms with Gasteiger partial charge in [-0.3, -0.25) is 4.68 Å². The third-order valence-corrected chi connectivity index (χ3v) is 3.41. The lowest BCUT2D eigenvalue weighted by Crippen LogP contribution is -2.06. The lowest BCUT2D eigenvalue weighted by Gasteiger charge is -2.10. The minimum absolute atomic E-state index is 0.375. The number of halogens is 1. The molecule has 0 saturated heterocycles. The van der Waals surface area contributed by atoms with Crippen molar-refractivity contribution in [2.45, 2.75) is 40.3 Å². The van der Waals surface area contributed by atoms with Crippen molar-refractivity contribution in [2.75, 3.05) is 5.32 Å². The first-order valence-corrected chi connectivity index (χ1v) is 6.91. The monoisotopic (exact) mass is 277 g/mol. The summed E-state index contributed by atoms with van der Waals surface area (Å²) in [7, 11) is 0. The lowest BCUT2D eigenvalue weighted by atomic mass is 10.2. The smallest absolute Gasteiger partial charge is 0.0828 e. The molecule has 0 aliphatic carbocycles. The summed E-state index contributed by atoms with van der Waals surface area (Å²) in [6, 6.07) is 8.28. The average molecular weight is 278 g/mol. The van der Waals surface area contributed by atoms with Gasteiger partial charge >= 0.3 is 0 Å². The van der Waals surface area contributed by atoms with Crippen molar-refractivity contribution >= 4 is 17.3 Å². The van der Waals surface area contributed by atoms with Crippen molar-refractivity contribution in [1.82, 2.24) is 9.78 Å². The zero-order valence-corrected chi connectivity index (χ0v) is 12.6. The van der Waals surface area contributed by atoms with Crippen LogP contribution in [-0.2, 0) is 6.54 Å². The number of nitrogens with one attached hydrogen (secondary N) is 1. The Bertz CT molecular complexity index is 573. The molecular formula is C15H20ClN3. The summed E-state index contributed by atoms with van der Waals surface area (Å²) in [4.78, 5) is 0. The molecular weight excluding hydrogens is 258 g/mol. The van der Waals surface area contributed by atoms with Crippen LogP contribution in [0.5, 0.6) is 0 Å². The summed E-state index contributed by atoms with van der Waals surface area (Å²) in [5, 5.41) is 8.79. The molecule has 0 radical (unpaired) electrons. The van der Waals surface area contributed by atoms with Crippen LogP contribution in [0, 0.1) is 13.8 Å². The Morgan fingerprint density at radius 3 is 2.63 bits per heavy atom. The molecule has 0 aliphatic rings. The van der Waals surface area contributed by atoms with Gasteiger partial charge in [0.15, 0.2) is 0 Å². The maximum Gasteiger partial charge on any atom is 0.0828 e. The molecule has 2 aromatic rings. The van der Waals surface area contributed by atoms with E-state index in [0.29, 0.717) is 6.04 Å². The molecule has 4 heteroatoms. The van der Waals surface area contributed by atoms with Crippen molar-refractivity contribution in [3.63, 3.8) is 0 Å². The van der Waals surface area contributed by atoms with Gasteiger partial charge in [-0.05, 0) is 45.4 Å². The largest absolute Gasteiger partial charge is 0.378 e. The molecule has 2 rings (SSSR count). The number of benzene rings is 1. The third kappa shape index (κ3) is 3.10. The average Bonchev–Trinajstić information content (AvgIpc) is 2.63. The van der Waals surface area contributed by atoms with E-state index in [2.05, 4.69) is 41.9 Å². The molecule has 1 aromatic carbocycles. The molecule has 0 aliphatic heterocycles. The fourth-order valence-corrected chi connectivity index (χ4v) is 2.47. The summed E-state index contributed by atoms with van der Waals surface area (Å²) in [6.07, 6.45) is 0. The van der Waals surface area contributed by atoms with Crippen LogP contribution in [0.1, 0.15) is 36.8 Å². The third-order valence-electron chi connectivity index (χ3n) is 3.17. The Morgan fingerprint density at radius 2 is 2.05 bits per heavy atom. The van der Waals surface area contributed by atoms with Crippen LogP contribution < -0.4 is 5.32 Å². The first-order chi connectivity index (χ1) is 8.99. The standard InChI is InChI=1S/C15H20ClN3/c1-10(2)19-12(4)15(11(3)18-19)17-9-13-6-5-7-14(16)8-13/h5-8,10,17H,9H2,1-4H3. The highest BCUT2D eigenvalue weighted by Gasteiger charge is 2.12. The van der Waals surface area contributed by atoms with E-state index >= 15 is 0 Å². The van der Waals surface area contributed by atoms with Crippen LogP contribution in [0.4, 0.5) is 5.69 Å². The highest BCUT2D eigenvalue weighted by Crippen LogP contribution is 2.23. The Balaban J connectivity index is 2.16. The Labute approximate surface area is 119 Å². The number of rotatable bonds is 4. The summed E-state index contributed by atoms with van der Waals surface area (Å²) in [5.74, 6) is 0. The molecule has 0 atom stereocenters. The van der Waals surface area contributed by atoms with E-state index in [1.165, 1.54) is 11.3 Å². The van der Waals surface area contributed by atoms with E-state index in [1.54, 1.807) is 0 Å². The van der Waals surface area contributed by atoms with Gasteiger partial charge in [-0.2, -0.15) is 5.10 Å². The topological polar surface area (TPSA) is 29.9 Å². The summed E-state index contributed by atoms with van der Waals surface area (Å²) >= 11 is 5.99. The minimum atomic E-state index is 0.375. The molecule has 0 bridgehead atoms. The van der Waals surface area contributed by atoms with Crippen molar-refractivity contribution in [1.29, 1.82) is 0 Å². The molecule has 0 amide bonds. The molecule has 0 fully saturated rings. The van der Waals surface area contributed by atoms with Crippen molar-refractivity contribution in [2.24, 2.45) is 0 Å². The molecule has 3 nitrogen and oxygen atoms in total. The molecule has 0 saturated carbocycles. The fraction of sp³-hybridized carbons (Fsp3) is 0.400. The molecule has 0 spiro atoms. The predicted molar refractivity (Wildman–Crippen MR) is 80.9 cm³/mol. The number of aromatic nitrogens is 2. The van der Waals surface area contributed by atoms with Crippen molar-refractivity contribution < 1.29 is 0 Å². The minimum Gasteiger partial charge on any atom is -0.378 e.